The zero-order valence-corrected chi connectivity index (χ0v) is 11.7. The van der Waals surface area contributed by atoms with Crippen LogP contribution in [0.4, 0.5) is 5.69 Å². The standard InChI is InChI=1S/C16H16N2O2/c1-5-12-7-6-8-13(9-12)17-16(19)14-11(4)18-20-15(14)10(2)3/h1,6-10H,2-4H3,(H,17,19). The van der Waals surface area contributed by atoms with Crippen molar-refractivity contribution >= 4 is 11.6 Å². The molecule has 0 radical (unpaired) electrons. The molecule has 2 rings (SSSR count). The normalized spacial score (nSPS) is 10.3. The highest BCUT2D eigenvalue weighted by atomic mass is 16.5. The van der Waals surface area contributed by atoms with E-state index in [-0.39, 0.29) is 11.8 Å². The van der Waals surface area contributed by atoms with Crippen LogP contribution < -0.4 is 5.32 Å². The third-order valence-corrected chi connectivity index (χ3v) is 2.93. The van der Waals surface area contributed by atoms with Gasteiger partial charge in [-0.25, -0.2) is 0 Å². The lowest BCUT2D eigenvalue weighted by Crippen LogP contribution is -2.14. The van der Waals surface area contributed by atoms with Crippen LogP contribution in [0, 0.1) is 19.3 Å². The average molecular weight is 268 g/mol. The zero-order valence-electron chi connectivity index (χ0n) is 11.7. The summed E-state index contributed by atoms with van der Waals surface area (Å²) in [4.78, 5) is 12.4. The number of nitrogens with one attached hydrogen (secondary N) is 1. The summed E-state index contributed by atoms with van der Waals surface area (Å²) in [6, 6.07) is 7.14. The van der Waals surface area contributed by atoms with Crippen molar-refractivity contribution in [2.45, 2.75) is 26.7 Å². The average Bonchev–Trinajstić information content (AvgIpc) is 2.81. The Morgan fingerprint density at radius 3 is 2.85 bits per heavy atom. The molecule has 1 aromatic heterocycles. The van der Waals surface area contributed by atoms with Crippen molar-refractivity contribution in [3.63, 3.8) is 0 Å². The zero-order chi connectivity index (χ0) is 14.7. The molecular weight excluding hydrogens is 252 g/mol. The smallest absolute Gasteiger partial charge is 0.261 e. The van der Waals surface area contributed by atoms with Gasteiger partial charge >= 0.3 is 0 Å². The lowest BCUT2D eigenvalue weighted by Gasteiger charge is -2.07. The molecule has 1 amide bonds. The van der Waals surface area contributed by atoms with Crippen molar-refractivity contribution in [3.8, 4) is 12.3 Å². The van der Waals surface area contributed by atoms with E-state index in [1.54, 1.807) is 31.2 Å². The van der Waals surface area contributed by atoms with Crippen LogP contribution in [0.1, 0.15) is 47.1 Å². The molecule has 102 valence electrons. The Morgan fingerprint density at radius 1 is 1.45 bits per heavy atom. The summed E-state index contributed by atoms with van der Waals surface area (Å²) in [6.45, 7) is 5.66. The molecule has 1 N–H and O–H groups in total. The minimum atomic E-state index is -0.235. The molecule has 0 saturated heterocycles. The lowest BCUT2D eigenvalue weighted by molar-refractivity contribution is 0.102. The second kappa shape index (κ2) is 5.62. The fourth-order valence-electron chi connectivity index (χ4n) is 1.94. The summed E-state index contributed by atoms with van der Waals surface area (Å²) in [5.74, 6) is 2.98. The molecule has 1 aromatic carbocycles. The van der Waals surface area contributed by atoms with Crippen molar-refractivity contribution in [2.75, 3.05) is 5.32 Å². The van der Waals surface area contributed by atoms with Crippen LogP contribution in [0.15, 0.2) is 28.8 Å². The molecule has 0 bridgehead atoms. The molecular formula is C16H16N2O2. The maximum atomic E-state index is 12.4. The minimum Gasteiger partial charge on any atom is -0.360 e. The van der Waals surface area contributed by atoms with Crippen LogP contribution >= 0.6 is 0 Å². The SMILES string of the molecule is C#Cc1cccc(NC(=O)c2c(C)noc2C(C)C)c1. The van der Waals surface area contributed by atoms with Crippen LogP contribution in [0.25, 0.3) is 0 Å². The second-order valence-corrected chi connectivity index (χ2v) is 4.84. The number of aromatic nitrogens is 1. The summed E-state index contributed by atoms with van der Waals surface area (Å²) >= 11 is 0. The molecule has 20 heavy (non-hydrogen) atoms. The highest BCUT2D eigenvalue weighted by molar-refractivity contribution is 6.05. The topological polar surface area (TPSA) is 55.1 Å². The van der Waals surface area contributed by atoms with Gasteiger partial charge in [0.05, 0.1) is 5.69 Å². The van der Waals surface area contributed by atoms with E-state index in [0.29, 0.717) is 28.3 Å². The first kappa shape index (κ1) is 13.9. The Morgan fingerprint density at radius 2 is 2.20 bits per heavy atom. The molecule has 0 aliphatic carbocycles. The summed E-state index contributed by atoms with van der Waals surface area (Å²) in [5, 5.41) is 6.69. The van der Waals surface area contributed by atoms with Crippen LogP contribution in [0.3, 0.4) is 0 Å². The van der Waals surface area contributed by atoms with Gasteiger partial charge in [0.25, 0.3) is 5.91 Å². The number of rotatable bonds is 3. The highest BCUT2D eigenvalue weighted by Gasteiger charge is 2.22. The van der Waals surface area contributed by atoms with Crippen molar-refractivity contribution in [3.05, 3.63) is 46.8 Å². The third-order valence-electron chi connectivity index (χ3n) is 2.93. The Kier molecular flexibility index (Phi) is 3.90. The Labute approximate surface area is 118 Å². The van der Waals surface area contributed by atoms with E-state index in [1.165, 1.54) is 0 Å². The van der Waals surface area contributed by atoms with E-state index >= 15 is 0 Å². The van der Waals surface area contributed by atoms with E-state index in [0.717, 1.165) is 0 Å². The summed E-state index contributed by atoms with van der Waals surface area (Å²) in [6.07, 6.45) is 5.34. The lowest BCUT2D eigenvalue weighted by atomic mass is 10.0. The first-order chi connectivity index (χ1) is 9.52. The number of amides is 1. The highest BCUT2D eigenvalue weighted by Crippen LogP contribution is 2.23. The van der Waals surface area contributed by atoms with Crippen molar-refractivity contribution in [1.82, 2.24) is 5.16 Å². The maximum absolute atomic E-state index is 12.4. The fourth-order valence-corrected chi connectivity index (χ4v) is 1.94. The molecule has 0 atom stereocenters. The molecule has 2 aromatic rings. The number of carbonyl (C=O) groups excluding carboxylic acids is 1. The fraction of sp³-hybridized carbons (Fsp3) is 0.250. The molecule has 1 heterocycles. The molecule has 0 saturated carbocycles. The van der Waals surface area contributed by atoms with E-state index in [4.69, 9.17) is 10.9 Å². The van der Waals surface area contributed by atoms with Gasteiger partial charge in [-0.3, -0.25) is 4.79 Å². The van der Waals surface area contributed by atoms with Crippen LogP contribution in [-0.4, -0.2) is 11.1 Å². The van der Waals surface area contributed by atoms with Crippen molar-refractivity contribution in [2.24, 2.45) is 0 Å². The minimum absolute atomic E-state index is 0.0917. The number of carbonyl (C=O) groups is 1. The predicted molar refractivity (Wildman–Crippen MR) is 77.7 cm³/mol. The van der Waals surface area contributed by atoms with Gasteiger partial charge < -0.3 is 9.84 Å². The van der Waals surface area contributed by atoms with Gasteiger partial charge in [0.1, 0.15) is 5.56 Å². The number of anilines is 1. The molecule has 0 spiro atoms. The summed E-state index contributed by atoms with van der Waals surface area (Å²) < 4.78 is 5.22. The van der Waals surface area contributed by atoms with E-state index < -0.39 is 0 Å². The van der Waals surface area contributed by atoms with Gasteiger partial charge in [-0.1, -0.05) is 31.0 Å². The van der Waals surface area contributed by atoms with Crippen LogP contribution in [0.2, 0.25) is 0 Å². The number of benzene rings is 1. The van der Waals surface area contributed by atoms with E-state index in [1.807, 2.05) is 13.8 Å². The Balaban J connectivity index is 2.29. The maximum Gasteiger partial charge on any atom is 0.261 e. The summed E-state index contributed by atoms with van der Waals surface area (Å²) in [5.41, 5.74) is 2.44. The molecule has 0 fully saturated rings. The quantitative estimate of drug-likeness (QED) is 0.869. The van der Waals surface area contributed by atoms with Gasteiger partial charge in [0.2, 0.25) is 0 Å². The van der Waals surface area contributed by atoms with E-state index in [9.17, 15) is 4.79 Å². The Bertz CT molecular complexity index is 678. The molecule has 0 unspecified atom stereocenters. The number of terminal acetylenes is 1. The molecule has 0 aliphatic rings. The molecule has 4 heteroatoms. The second-order valence-electron chi connectivity index (χ2n) is 4.84. The largest absolute Gasteiger partial charge is 0.360 e. The Hall–Kier alpha value is -2.54. The van der Waals surface area contributed by atoms with Crippen molar-refractivity contribution < 1.29 is 9.32 Å². The van der Waals surface area contributed by atoms with Crippen LogP contribution in [0.5, 0.6) is 0 Å². The summed E-state index contributed by atoms with van der Waals surface area (Å²) in [7, 11) is 0. The van der Waals surface area contributed by atoms with Gasteiger partial charge in [-0.2, -0.15) is 0 Å². The van der Waals surface area contributed by atoms with Gasteiger partial charge in [-0.15, -0.1) is 6.42 Å². The van der Waals surface area contributed by atoms with E-state index in [2.05, 4.69) is 16.4 Å². The number of aryl methyl sites for hydroxylation is 1. The first-order valence-corrected chi connectivity index (χ1v) is 6.37. The van der Waals surface area contributed by atoms with Gasteiger partial charge in [0, 0.05) is 17.2 Å². The number of hydrogen-bond acceptors (Lipinski definition) is 3. The number of hydrogen-bond donors (Lipinski definition) is 1. The predicted octanol–water partition coefficient (Wildman–Crippen LogP) is 3.34. The monoisotopic (exact) mass is 268 g/mol. The molecule has 0 aliphatic heterocycles. The van der Waals surface area contributed by atoms with Crippen LogP contribution in [-0.2, 0) is 0 Å². The third kappa shape index (κ3) is 2.72. The number of nitrogens with zero attached hydrogens (tertiary/aromatic N) is 1. The first-order valence-electron chi connectivity index (χ1n) is 6.37. The van der Waals surface area contributed by atoms with Gasteiger partial charge in [-0.05, 0) is 25.1 Å². The molecule has 4 nitrogen and oxygen atoms in total. The van der Waals surface area contributed by atoms with Gasteiger partial charge in [0.15, 0.2) is 5.76 Å². The van der Waals surface area contributed by atoms with Crippen molar-refractivity contribution in [1.29, 1.82) is 0 Å².